The molecule has 0 saturated carbocycles. The SMILES string of the molecule is CC(=O)SCC(Cc1ccc(N(C)C)cc1)C(=O)NCCS(=O)(=O)O. The molecule has 25 heavy (non-hydrogen) atoms. The Bertz CT molecular complexity index is 687. The highest BCUT2D eigenvalue weighted by atomic mass is 32.2. The van der Waals surface area contributed by atoms with Crippen LogP contribution >= 0.6 is 11.8 Å². The fourth-order valence-corrected chi connectivity index (χ4v) is 3.17. The first-order valence-electron chi connectivity index (χ1n) is 7.71. The monoisotopic (exact) mass is 388 g/mol. The van der Waals surface area contributed by atoms with E-state index in [9.17, 15) is 18.0 Å². The topological polar surface area (TPSA) is 104 Å². The number of anilines is 1. The molecule has 1 atom stereocenters. The Morgan fingerprint density at radius 2 is 1.84 bits per heavy atom. The van der Waals surface area contributed by atoms with Crippen molar-refractivity contribution in [3.05, 3.63) is 29.8 Å². The number of hydrogen-bond acceptors (Lipinski definition) is 6. The molecule has 0 radical (unpaired) electrons. The van der Waals surface area contributed by atoms with Crippen LogP contribution in [0.1, 0.15) is 12.5 Å². The minimum Gasteiger partial charge on any atom is -0.378 e. The molecule has 7 nitrogen and oxygen atoms in total. The van der Waals surface area contributed by atoms with Crippen molar-refractivity contribution in [3.8, 4) is 0 Å². The standard InChI is InChI=1S/C16H24N2O5S2/c1-12(19)24-11-14(16(20)17-8-9-25(21,22)23)10-13-4-6-15(7-5-13)18(2)3/h4-7,14H,8-11H2,1-3H3,(H,17,20)(H,21,22,23). The summed E-state index contributed by atoms with van der Waals surface area (Å²) in [4.78, 5) is 25.5. The smallest absolute Gasteiger partial charge is 0.266 e. The van der Waals surface area contributed by atoms with Gasteiger partial charge in [0.25, 0.3) is 10.1 Å². The Kier molecular flexibility index (Phi) is 8.40. The third kappa shape index (κ3) is 8.89. The molecule has 140 valence electrons. The number of carbonyl (C=O) groups excluding carboxylic acids is 2. The molecular formula is C16H24N2O5S2. The minimum atomic E-state index is -4.12. The predicted molar refractivity (Wildman–Crippen MR) is 101 cm³/mol. The zero-order valence-electron chi connectivity index (χ0n) is 14.6. The van der Waals surface area contributed by atoms with E-state index in [0.717, 1.165) is 23.0 Å². The lowest BCUT2D eigenvalue weighted by Gasteiger charge is -2.17. The zero-order chi connectivity index (χ0) is 19.0. The zero-order valence-corrected chi connectivity index (χ0v) is 16.2. The summed E-state index contributed by atoms with van der Waals surface area (Å²) in [5, 5.41) is 2.42. The van der Waals surface area contributed by atoms with Crippen molar-refractivity contribution in [3.63, 3.8) is 0 Å². The van der Waals surface area contributed by atoms with E-state index in [4.69, 9.17) is 4.55 Å². The molecule has 9 heteroatoms. The van der Waals surface area contributed by atoms with Crippen molar-refractivity contribution < 1.29 is 22.6 Å². The lowest BCUT2D eigenvalue weighted by molar-refractivity contribution is -0.124. The second-order valence-corrected chi connectivity index (χ2v) is 8.61. The second-order valence-electron chi connectivity index (χ2n) is 5.84. The highest BCUT2D eigenvalue weighted by Gasteiger charge is 2.20. The highest BCUT2D eigenvalue weighted by molar-refractivity contribution is 8.13. The number of rotatable bonds is 9. The van der Waals surface area contributed by atoms with Crippen LogP contribution in [0.15, 0.2) is 24.3 Å². The normalized spacial score (nSPS) is 12.5. The van der Waals surface area contributed by atoms with E-state index in [-0.39, 0.29) is 17.6 Å². The Labute approximate surface area is 152 Å². The predicted octanol–water partition coefficient (Wildman–Crippen LogP) is 1.20. The maximum Gasteiger partial charge on any atom is 0.266 e. The first-order valence-corrected chi connectivity index (χ1v) is 10.3. The number of thioether (sulfide) groups is 1. The molecule has 0 aliphatic carbocycles. The van der Waals surface area contributed by atoms with Crippen LogP contribution in [0.3, 0.4) is 0 Å². The van der Waals surface area contributed by atoms with Gasteiger partial charge in [0, 0.05) is 39.0 Å². The summed E-state index contributed by atoms with van der Waals surface area (Å²) in [6, 6.07) is 7.74. The molecule has 1 unspecified atom stereocenters. The van der Waals surface area contributed by atoms with Gasteiger partial charge in [0.2, 0.25) is 5.91 Å². The fraction of sp³-hybridized carbons (Fsp3) is 0.500. The average molecular weight is 389 g/mol. The van der Waals surface area contributed by atoms with Crippen LogP contribution in [0.4, 0.5) is 5.69 Å². The van der Waals surface area contributed by atoms with E-state index in [2.05, 4.69) is 5.32 Å². The molecule has 0 aliphatic heterocycles. The quantitative estimate of drug-likeness (QED) is 0.613. The van der Waals surface area contributed by atoms with Gasteiger partial charge in [-0.05, 0) is 24.1 Å². The van der Waals surface area contributed by atoms with Crippen LogP contribution in [0.5, 0.6) is 0 Å². The van der Waals surface area contributed by atoms with E-state index in [1.165, 1.54) is 6.92 Å². The van der Waals surface area contributed by atoms with Crippen molar-refractivity contribution in [1.29, 1.82) is 0 Å². The fourth-order valence-electron chi connectivity index (χ4n) is 2.11. The average Bonchev–Trinajstić information content (AvgIpc) is 2.50. The molecular weight excluding hydrogens is 364 g/mol. The van der Waals surface area contributed by atoms with Gasteiger partial charge in [0.15, 0.2) is 5.12 Å². The lowest BCUT2D eigenvalue weighted by Crippen LogP contribution is -2.36. The van der Waals surface area contributed by atoms with E-state index < -0.39 is 21.8 Å². The third-order valence-electron chi connectivity index (χ3n) is 3.45. The summed E-state index contributed by atoms with van der Waals surface area (Å²) >= 11 is 1.06. The molecule has 0 bridgehead atoms. The van der Waals surface area contributed by atoms with Crippen LogP contribution in [-0.2, 0) is 26.1 Å². The number of nitrogens with one attached hydrogen (secondary N) is 1. The van der Waals surface area contributed by atoms with Crippen LogP contribution < -0.4 is 10.2 Å². The van der Waals surface area contributed by atoms with Crippen molar-refractivity contribution >= 4 is 38.6 Å². The summed E-state index contributed by atoms with van der Waals surface area (Å²) in [5.41, 5.74) is 1.99. The molecule has 0 heterocycles. The van der Waals surface area contributed by atoms with Crippen molar-refractivity contribution in [1.82, 2.24) is 5.32 Å². The Morgan fingerprint density at radius 3 is 2.32 bits per heavy atom. The van der Waals surface area contributed by atoms with E-state index in [0.29, 0.717) is 12.2 Å². The molecule has 0 aromatic heterocycles. The molecule has 2 N–H and O–H groups in total. The number of hydrogen-bond donors (Lipinski definition) is 2. The van der Waals surface area contributed by atoms with Crippen LogP contribution in [0.2, 0.25) is 0 Å². The molecule has 1 aromatic rings. The molecule has 1 aromatic carbocycles. The van der Waals surface area contributed by atoms with Gasteiger partial charge in [0.05, 0.1) is 11.7 Å². The molecule has 1 rings (SSSR count). The van der Waals surface area contributed by atoms with E-state index in [1.807, 2.05) is 43.3 Å². The number of amides is 1. The van der Waals surface area contributed by atoms with Gasteiger partial charge < -0.3 is 10.2 Å². The minimum absolute atomic E-state index is 0.0845. The van der Waals surface area contributed by atoms with Gasteiger partial charge in [-0.1, -0.05) is 23.9 Å². The summed E-state index contributed by atoms with van der Waals surface area (Å²) in [5.74, 6) is -1.04. The van der Waals surface area contributed by atoms with Gasteiger partial charge in [-0.2, -0.15) is 8.42 Å². The van der Waals surface area contributed by atoms with E-state index in [1.54, 1.807) is 0 Å². The number of benzene rings is 1. The van der Waals surface area contributed by atoms with Crippen molar-refractivity contribution in [2.75, 3.05) is 37.0 Å². The molecule has 1 amide bonds. The first-order chi connectivity index (χ1) is 11.6. The van der Waals surface area contributed by atoms with Gasteiger partial charge in [-0.3, -0.25) is 14.1 Å². The van der Waals surface area contributed by atoms with Gasteiger partial charge in [0.1, 0.15) is 0 Å². The lowest BCUT2D eigenvalue weighted by atomic mass is 10.00. The Balaban J connectivity index is 2.74. The summed E-state index contributed by atoms with van der Waals surface area (Å²) in [6.07, 6.45) is 0.436. The van der Waals surface area contributed by atoms with Crippen LogP contribution in [0, 0.1) is 5.92 Å². The van der Waals surface area contributed by atoms with Gasteiger partial charge in [-0.15, -0.1) is 0 Å². The number of nitrogens with zero attached hydrogens (tertiary/aromatic N) is 1. The molecule has 0 fully saturated rings. The Morgan fingerprint density at radius 1 is 1.24 bits per heavy atom. The summed E-state index contributed by atoms with van der Waals surface area (Å²) in [6.45, 7) is 1.27. The van der Waals surface area contributed by atoms with Gasteiger partial charge >= 0.3 is 0 Å². The number of carbonyl (C=O) groups is 2. The summed E-state index contributed by atoms with van der Waals surface area (Å²) in [7, 11) is -0.253. The van der Waals surface area contributed by atoms with Crippen molar-refractivity contribution in [2.24, 2.45) is 5.92 Å². The second kappa shape index (κ2) is 9.79. The maximum atomic E-state index is 12.3. The van der Waals surface area contributed by atoms with Crippen LogP contribution in [0.25, 0.3) is 0 Å². The Hall–Kier alpha value is -1.58. The summed E-state index contributed by atoms with van der Waals surface area (Å²) < 4.78 is 30.2. The molecule has 0 aliphatic rings. The molecule has 0 spiro atoms. The third-order valence-corrected chi connectivity index (χ3v) is 5.15. The van der Waals surface area contributed by atoms with Gasteiger partial charge in [-0.25, -0.2) is 0 Å². The first kappa shape index (κ1) is 21.5. The maximum absolute atomic E-state index is 12.3. The highest BCUT2D eigenvalue weighted by Crippen LogP contribution is 2.18. The van der Waals surface area contributed by atoms with E-state index >= 15 is 0 Å². The van der Waals surface area contributed by atoms with Crippen LogP contribution in [-0.4, -0.2) is 56.1 Å². The molecule has 0 saturated heterocycles. The largest absolute Gasteiger partial charge is 0.378 e. The van der Waals surface area contributed by atoms with Crippen molar-refractivity contribution in [2.45, 2.75) is 13.3 Å².